The molecule has 0 aliphatic carbocycles. The fourth-order valence-electron chi connectivity index (χ4n) is 3.64. The molecule has 1 fully saturated rings. The number of hydrogen-bond acceptors (Lipinski definition) is 5. The fourth-order valence-corrected chi connectivity index (χ4v) is 3.64. The molecule has 4 rings (SSSR count). The van der Waals surface area contributed by atoms with Crippen molar-refractivity contribution in [1.82, 2.24) is 24.6 Å². The molecule has 1 atom stereocenters. The molecule has 1 aromatic carbocycles. The Bertz CT molecular complexity index is 1130. The summed E-state index contributed by atoms with van der Waals surface area (Å²) >= 11 is 0. The normalized spacial score (nSPS) is 18.0. The second-order valence-electron chi connectivity index (χ2n) is 7.08. The van der Waals surface area contributed by atoms with Crippen LogP contribution in [0.4, 0.5) is 0 Å². The molecule has 7 heteroatoms. The Morgan fingerprint density at radius 3 is 2.87 bits per heavy atom. The van der Waals surface area contributed by atoms with Crippen molar-refractivity contribution >= 4 is 19.0 Å². The van der Waals surface area contributed by atoms with Crippen LogP contribution in [-0.2, 0) is 0 Å². The zero-order valence-electron chi connectivity index (χ0n) is 16.9. The van der Waals surface area contributed by atoms with Crippen molar-refractivity contribution < 1.29 is 4.74 Å². The van der Waals surface area contributed by atoms with E-state index in [0.29, 0.717) is 11.5 Å². The van der Waals surface area contributed by atoms with Crippen LogP contribution < -0.4 is 4.74 Å². The van der Waals surface area contributed by atoms with Crippen LogP contribution in [0, 0.1) is 12.3 Å². The molecule has 3 heterocycles. The Labute approximate surface area is 177 Å². The van der Waals surface area contributed by atoms with Gasteiger partial charge < -0.3 is 9.55 Å². The van der Waals surface area contributed by atoms with E-state index < -0.39 is 0 Å². The summed E-state index contributed by atoms with van der Waals surface area (Å²) in [5.74, 6) is 3.86. The number of nitrogens with zero attached hydrogens (tertiary/aromatic N) is 5. The maximum Gasteiger partial charge on any atom is 0.185 e. The van der Waals surface area contributed by atoms with E-state index in [9.17, 15) is 0 Å². The highest BCUT2D eigenvalue weighted by Crippen LogP contribution is 2.32. The van der Waals surface area contributed by atoms with Gasteiger partial charge in [0.2, 0.25) is 0 Å². The number of aromatic nitrogens is 4. The van der Waals surface area contributed by atoms with Gasteiger partial charge in [0.15, 0.2) is 13.6 Å². The molecular weight excluding hydrogens is 373 g/mol. The molecule has 1 saturated heterocycles. The predicted molar refractivity (Wildman–Crippen MR) is 118 cm³/mol. The lowest BCUT2D eigenvalue weighted by molar-refractivity contribution is 0.184. The summed E-state index contributed by atoms with van der Waals surface area (Å²) < 4.78 is 7.79. The number of fused-ring (bicyclic) bond motifs is 1. The van der Waals surface area contributed by atoms with E-state index in [1.54, 1.807) is 24.7 Å². The summed E-state index contributed by atoms with van der Waals surface area (Å²) in [6.45, 7) is 2.75. The molecule has 2 radical (unpaired) electrons. The van der Waals surface area contributed by atoms with E-state index in [1.807, 2.05) is 46.8 Å². The van der Waals surface area contributed by atoms with Crippen LogP contribution in [0.2, 0.25) is 0 Å². The number of benzene rings is 1. The van der Waals surface area contributed by atoms with E-state index in [2.05, 4.69) is 15.9 Å². The first-order chi connectivity index (χ1) is 14.7. The summed E-state index contributed by atoms with van der Waals surface area (Å²) in [5, 5.41) is 5.79. The molecule has 1 aliphatic rings. The summed E-state index contributed by atoms with van der Waals surface area (Å²) in [6, 6.07) is 7.78. The summed E-state index contributed by atoms with van der Waals surface area (Å²) in [7, 11) is 6.25. The van der Waals surface area contributed by atoms with Gasteiger partial charge in [0.05, 0.1) is 11.6 Å². The average molecular weight is 395 g/mol. The highest BCUT2D eigenvalue weighted by molar-refractivity contribution is 6.04. The van der Waals surface area contributed by atoms with Crippen molar-refractivity contribution in [2.75, 3.05) is 6.54 Å². The van der Waals surface area contributed by atoms with E-state index in [0.717, 1.165) is 48.1 Å². The van der Waals surface area contributed by atoms with Gasteiger partial charge in [-0.3, -0.25) is 0 Å². The second kappa shape index (κ2) is 8.97. The Morgan fingerprint density at radius 2 is 2.13 bits per heavy atom. The van der Waals surface area contributed by atoms with E-state index in [1.165, 1.54) is 0 Å². The van der Waals surface area contributed by atoms with Gasteiger partial charge in [-0.1, -0.05) is 5.92 Å². The van der Waals surface area contributed by atoms with Crippen molar-refractivity contribution in [1.29, 1.82) is 0 Å². The van der Waals surface area contributed by atoms with Crippen LogP contribution in [0.25, 0.3) is 22.3 Å². The first kappa shape index (κ1) is 19.9. The van der Waals surface area contributed by atoms with Crippen LogP contribution in [0.15, 0.2) is 60.8 Å². The molecule has 0 saturated carbocycles. The minimum Gasteiger partial charge on any atom is -0.458 e. The zero-order chi connectivity index (χ0) is 20.9. The first-order valence-electron chi connectivity index (χ1n) is 9.98. The number of piperidine rings is 1. The van der Waals surface area contributed by atoms with Gasteiger partial charge in [-0.15, -0.1) is 6.42 Å². The van der Waals surface area contributed by atoms with E-state index in [4.69, 9.17) is 24.2 Å². The van der Waals surface area contributed by atoms with Crippen molar-refractivity contribution in [3.63, 3.8) is 0 Å². The van der Waals surface area contributed by atoms with Crippen molar-refractivity contribution in [3.05, 3.63) is 60.8 Å². The minimum atomic E-state index is -0.00676. The molecule has 0 bridgehead atoms. The Kier molecular flexibility index (Phi) is 5.96. The predicted octanol–water partition coefficient (Wildman–Crippen LogP) is 4.03. The largest absolute Gasteiger partial charge is 0.458 e. The average Bonchev–Trinajstić information content (AvgIpc) is 3.17. The quantitative estimate of drug-likeness (QED) is 0.283. The summed E-state index contributed by atoms with van der Waals surface area (Å²) in [4.78, 5) is 10.5. The molecule has 148 valence electrons. The lowest BCUT2D eigenvalue weighted by atomic mass is 10.0. The number of allylic oxidation sites excluding steroid dienone is 3. The van der Waals surface area contributed by atoms with Crippen molar-refractivity contribution in [3.8, 4) is 29.4 Å². The molecule has 1 aliphatic heterocycles. The number of terminal acetylenes is 1. The highest BCUT2D eigenvalue weighted by atomic mass is 16.5. The highest BCUT2D eigenvalue weighted by Gasteiger charge is 2.25. The van der Waals surface area contributed by atoms with Gasteiger partial charge in [0.25, 0.3) is 0 Å². The number of hydrogen-bond donors (Lipinski definition) is 0. The minimum absolute atomic E-state index is 0.00676. The summed E-state index contributed by atoms with van der Waals surface area (Å²) in [6.07, 6.45) is 17.0. The molecule has 1 unspecified atom stereocenters. The van der Waals surface area contributed by atoms with Gasteiger partial charge in [0, 0.05) is 11.8 Å². The molecular formula is C23H22BN5O. The monoisotopic (exact) mass is 395 g/mol. The molecule has 0 amide bonds. The Balaban J connectivity index is 1.67. The second-order valence-corrected chi connectivity index (χ2v) is 7.08. The van der Waals surface area contributed by atoms with Gasteiger partial charge in [-0.25, -0.2) is 14.6 Å². The van der Waals surface area contributed by atoms with Crippen LogP contribution in [0.3, 0.4) is 0 Å². The molecule has 2 aromatic heterocycles. The lowest BCUT2D eigenvalue weighted by Crippen LogP contribution is -2.35. The number of rotatable bonds is 5. The molecule has 3 aromatic rings. The third-order valence-corrected chi connectivity index (χ3v) is 5.16. The smallest absolute Gasteiger partial charge is 0.185 e. The SMILES string of the molecule is [B]N1CCCCC1n1nc(-c2ccc(OC(/C=C\C#C)=C/C)cc2)c2cncnc21. The van der Waals surface area contributed by atoms with Crippen molar-refractivity contribution in [2.24, 2.45) is 0 Å². The molecule has 30 heavy (non-hydrogen) atoms. The van der Waals surface area contributed by atoms with Crippen LogP contribution >= 0.6 is 0 Å². The molecule has 0 N–H and O–H groups in total. The third kappa shape index (κ3) is 4.00. The topological polar surface area (TPSA) is 56.1 Å². The van der Waals surface area contributed by atoms with Crippen LogP contribution in [0.1, 0.15) is 32.4 Å². The van der Waals surface area contributed by atoms with Crippen LogP contribution in [-0.4, -0.2) is 39.1 Å². The van der Waals surface area contributed by atoms with E-state index >= 15 is 0 Å². The maximum atomic E-state index is 6.25. The first-order valence-corrected chi connectivity index (χ1v) is 9.98. The third-order valence-electron chi connectivity index (χ3n) is 5.16. The van der Waals surface area contributed by atoms with Gasteiger partial charge in [-0.05, 0) is 75.2 Å². The van der Waals surface area contributed by atoms with Crippen molar-refractivity contribution in [2.45, 2.75) is 32.4 Å². The molecule has 6 nitrogen and oxygen atoms in total. The van der Waals surface area contributed by atoms with Gasteiger partial charge in [0.1, 0.15) is 23.5 Å². The standard InChI is InChI=1S/C23H22BN5O/c1-3-5-8-18(4-2)30-19-12-10-17(11-13-19)22-20-15-25-16-26-23(20)29(27-22)21-9-6-7-14-28(21)24/h1,4-5,8,10-13,15-16,21H,6-7,9,14H2,2H3/b8-5-,18-4+. The Morgan fingerprint density at radius 1 is 1.30 bits per heavy atom. The molecule has 0 spiro atoms. The van der Waals surface area contributed by atoms with E-state index in [-0.39, 0.29) is 6.17 Å². The van der Waals surface area contributed by atoms with Gasteiger partial charge >= 0.3 is 0 Å². The summed E-state index contributed by atoms with van der Waals surface area (Å²) in [5.41, 5.74) is 2.58. The van der Waals surface area contributed by atoms with Gasteiger partial charge in [-0.2, -0.15) is 5.10 Å². The Hall–Kier alpha value is -3.37. The fraction of sp³-hybridized carbons (Fsp3) is 0.261. The lowest BCUT2D eigenvalue weighted by Gasteiger charge is -2.33. The maximum absolute atomic E-state index is 6.25. The number of ether oxygens (including phenoxy) is 1. The zero-order valence-corrected chi connectivity index (χ0v) is 16.9. The van der Waals surface area contributed by atoms with Crippen LogP contribution in [0.5, 0.6) is 5.75 Å².